The normalized spacial score (nSPS) is 12.8. The Morgan fingerprint density at radius 3 is 1.15 bits per heavy atom. The van der Waals surface area contributed by atoms with Crippen LogP contribution in [0.5, 0.6) is 0 Å². The standard InChI is InChI=1S/C61H106O5/c1-4-7-10-13-16-19-22-25-28-31-33-36-39-42-45-48-51-54-60(62)65-58-59(57-64-56-53-50-47-44-41-38-35-30-27-24-21-18-15-12-9-6-3)66-61(63)55-52-49-46-43-40-37-34-32-29-26-23-20-17-14-11-8-5-2/h7,10,16,19,25-30,33,36,42,45,59H,4-6,8-9,11-15,17-18,20-24,31-32,34-35,37-41,43-44,46-58H2,1-3H3/b10-7-,19-16-,28-25-,29-26-,30-27-,36-33-,45-42-. The van der Waals surface area contributed by atoms with Gasteiger partial charge in [0.25, 0.3) is 0 Å². The molecule has 0 fully saturated rings. The maximum atomic E-state index is 12.8. The lowest BCUT2D eigenvalue weighted by Gasteiger charge is -2.18. The summed E-state index contributed by atoms with van der Waals surface area (Å²) in [5.41, 5.74) is 0. The Morgan fingerprint density at radius 2 is 0.697 bits per heavy atom. The van der Waals surface area contributed by atoms with E-state index in [4.69, 9.17) is 14.2 Å². The van der Waals surface area contributed by atoms with E-state index in [-0.39, 0.29) is 25.2 Å². The Hall–Kier alpha value is -2.92. The van der Waals surface area contributed by atoms with Crippen molar-refractivity contribution in [2.24, 2.45) is 0 Å². The molecule has 0 aromatic carbocycles. The molecule has 0 amide bonds. The van der Waals surface area contributed by atoms with Crippen LogP contribution in [0.2, 0.25) is 0 Å². The molecule has 0 radical (unpaired) electrons. The minimum atomic E-state index is -0.568. The Morgan fingerprint density at radius 1 is 0.348 bits per heavy atom. The molecule has 0 saturated heterocycles. The van der Waals surface area contributed by atoms with Gasteiger partial charge in [0.2, 0.25) is 0 Å². The lowest BCUT2D eigenvalue weighted by Crippen LogP contribution is -2.30. The van der Waals surface area contributed by atoms with Gasteiger partial charge in [-0.05, 0) is 109 Å². The lowest BCUT2D eigenvalue weighted by molar-refractivity contribution is -0.163. The number of hydrogen-bond acceptors (Lipinski definition) is 5. The molecule has 0 rings (SSSR count). The SMILES string of the molecule is CC/C=C\C/C=C\C/C=C\C/C=C\C/C=C\CCCC(=O)OCC(COCCCCCCCC/C=C\CCCCCCCC)OC(=O)CCCCCCCCC/C=C\CCCCCCCC. The fourth-order valence-corrected chi connectivity index (χ4v) is 7.71. The van der Waals surface area contributed by atoms with E-state index < -0.39 is 6.10 Å². The highest BCUT2D eigenvalue weighted by Gasteiger charge is 2.17. The number of carbonyl (C=O) groups is 2. The monoisotopic (exact) mass is 919 g/mol. The summed E-state index contributed by atoms with van der Waals surface area (Å²) in [6.45, 7) is 7.65. The molecule has 66 heavy (non-hydrogen) atoms. The molecule has 5 heteroatoms. The molecule has 0 aliphatic heterocycles. The van der Waals surface area contributed by atoms with Gasteiger partial charge in [-0.3, -0.25) is 9.59 Å². The van der Waals surface area contributed by atoms with Crippen LogP contribution >= 0.6 is 0 Å². The average molecular weight is 920 g/mol. The van der Waals surface area contributed by atoms with E-state index in [0.29, 0.717) is 19.4 Å². The average Bonchev–Trinajstić information content (AvgIpc) is 3.32. The Kier molecular flexibility index (Phi) is 53.9. The zero-order valence-corrected chi connectivity index (χ0v) is 43.7. The van der Waals surface area contributed by atoms with Gasteiger partial charge < -0.3 is 14.2 Å². The minimum absolute atomic E-state index is 0.0495. The zero-order chi connectivity index (χ0) is 47.7. The van der Waals surface area contributed by atoms with Gasteiger partial charge in [-0.15, -0.1) is 0 Å². The summed E-state index contributed by atoms with van der Waals surface area (Å²) in [4.78, 5) is 25.5. The summed E-state index contributed by atoms with van der Waals surface area (Å²) in [6.07, 6.45) is 74.6. The summed E-state index contributed by atoms with van der Waals surface area (Å²) < 4.78 is 17.4. The molecule has 0 bridgehead atoms. The van der Waals surface area contributed by atoms with E-state index in [0.717, 1.165) is 77.0 Å². The first-order valence-corrected chi connectivity index (χ1v) is 28.1. The quantitative estimate of drug-likeness (QED) is 0.0346. The molecule has 0 aliphatic carbocycles. The minimum Gasteiger partial charge on any atom is -0.462 e. The molecule has 380 valence electrons. The highest BCUT2D eigenvalue weighted by atomic mass is 16.6. The van der Waals surface area contributed by atoms with Gasteiger partial charge in [0.15, 0.2) is 6.10 Å². The molecular weight excluding hydrogens is 813 g/mol. The van der Waals surface area contributed by atoms with Crippen LogP contribution in [0.3, 0.4) is 0 Å². The third kappa shape index (κ3) is 53.7. The topological polar surface area (TPSA) is 61.8 Å². The number of ether oxygens (including phenoxy) is 3. The maximum absolute atomic E-state index is 12.8. The number of hydrogen-bond donors (Lipinski definition) is 0. The molecule has 0 aromatic heterocycles. The van der Waals surface area contributed by atoms with Crippen LogP contribution in [0.15, 0.2) is 85.1 Å². The molecule has 0 N–H and O–H groups in total. The van der Waals surface area contributed by atoms with Crippen molar-refractivity contribution in [3.8, 4) is 0 Å². The Balaban J connectivity index is 4.38. The largest absolute Gasteiger partial charge is 0.462 e. The third-order valence-corrected chi connectivity index (χ3v) is 11.9. The van der Waals surface area contributed by atoms with Gasteiger partial charge in [0, 0.05) is 19.4 Å². The first-order chi connectivity index (χ1) is 32.6. The summed E-state index contributed by atoms with van der Waals surface area (Å²) >= 11 is 0. The van der Waals surface area contributed by atoms with Crippen LogP contribution < -0.4 is 0 Å². The van der Waals surface area contributed by atoms with Crippen LogP contribution in [-0.2, 0) is 23.8 Å². The second-order valence-electron chi connectivity index (χ2n) is 18.4. The molecule has 5 nitrogen and oxygen atoms in total. The van der Waals surface area contributed by atoms with Crippen LogP contribution in [0.4, 0.5) is 0 Å². The van der Waals surface area contributed by atoms with Gasteiger partial charge in [-0.25, -0.2) is 0 Å². The number of rotatable bonds is 51. The van der Waals surface area contributed by atoms with Gasteiger partial charge in [-0.1, -0.05) is 228 Å². The Bertz CT molecular complexity index is 1220. The van der Waals surface area contributed by atoms with Crippen LogP contribution in [0.1, 0.15) is 265 Å². The smallest absolute Gasteiger partial charge is 0.306 e. The van der Waals surface area contributed by atoms with Crippen molar-refractivity contribution in [1.29, 1.82) is 0 Å². The molecule has 0 saturated carbocycles. The summed E-state index contributed by atoms with van der Waals surface area (Å²) in [5, 5.41) is 0. The van der Waals surface area contributed by atoms with Crippen molar-refractivity contribution < 1.29 is 23.8 Å². The van der Waals surface area contributed by atoms with Crippen LogP contribution in [0, 0.1) is 0 Å². The first kappa shape index (κ1) is 63.1. The molecule has 1 atom stereocenters. The molecule has 1 unspecified atom stereocenters. The number of allylic oxidation sites excluding steroid dienone is 14. The summed E-state index contributed by atoms with van der Waals surface area (Å²) in [7, 11) is 0. The van der Waals surface area contributed by atoms with E-state index in [1.54, 1.807) is 0 Å². The maximum Gasteiger partial charge on any atom is 0.306 e. The molecule has 0 aliphatic rings. The van der Waals surface area contributed by atoms with Gasteiger partial charge in [-0.2, -0.15) is 0 Å². The van der Waals surface area contributed by atoms with Crippen molar-refractivity contribution >= 4 is 11.9 Å². The van der Waals surface area contributed by atoms with Crippen molar-refractivity contribution in [2.45, 2.75) is 271 Å². The third-order valence-electron chi connectivity index (χ3n) is 11.9. The van der Waals surface area contributed by atoms with Crippen molar-refractivity contribution in [3.63, 3.8) is 0 Å². The molecule has 0 aromatic rings. The lowest BCUT2D eigenvalue weighted by atomic mass is 10.1. The van der Waals surface area contributed by atoms with E-state index in [9.17, 15) is 9.59 Å². The van der Waals surface area contributed by atoms with E-state index in [2.05, 4.69) is 106 Å². The van der Waals surface area contributed by atoms with Crippen molar-refractivity contribution in [2.75, 3.05) is 19.8 Å². The van der Waals surface area contributed by atoms with Crippen LogP contribution in [-0.4, -0.2) is 37.9 Å². The molecular formula is C61H106O5. The molecule has 0 heterocycles. The highest BCUT2D eigenvalue weighted by Crippen LogP contribution is 2.14. The van der Waals surface area contributed by atoms with Crippen LogP contribution in [0.25, 0.3) is 0 Å². The number of esters is 2. The van der Waals surface area contributed by atoms with E-state index in [1.807, 2.05) is 0 Å². The Labute approximate surface area is 409 Å². The number of unbranched alkanes of at least 4 members (excludes halogenated alkanes) is 26. The van der Waals surface area contributed by atoms with Crippen molar-refractivity contribution in [1.82, 2.24) is 0 Å². The summed E-state index contributed by atoms with van der Waals surface area (Å²) in [5.74, 6) is -0.469. The second-order valence-corrected chi connectivity index (χ2v) is 18.4. The number of carbonyl (C=O) groups excluding carboxylic acids is 2. The first-order valence-electron chi connectivity index (χ1n) is 28.1. The summed E-state index contributed by atoms with van der Waals surface area (Å²) in [6, 6.07) is 0. The predicted molar refractivity (Wildman–Crippen MR) is 288 cm³/mol. The van der Waals surface area contributed by atoms with Crippen molar-refractivity contribution in [3.05, 3.63) is 85.1 Å². The van der Waals surface area contributed by atoms with E-state index >= 15 is 0 Å². The zero-order valence-electron chi connectivity index (χ0n) is 43.7. The highest BCUT2D eigenvalue weighted by molar-refractivity contribution is 5.70. The van der Waals surface area contributed by atoms with E-state index in [1.165, 1.54) is 154 Å². The predicted octanol–water partition coefficient (Wildman–Crippen LogP) is 19.2. The van der Waals surface area contributed by atoms with Gasteiger partial charge >= 0.3 is 11.9 Å². The van der Waals surface area contributed by atoms with Gasteiger partial charge in [0.05, 0.1) is 6.61 Å². The second kappa shape index (κ2) is 56.4. The molecule has 0 spiro atoms. The fourth-order valence-electron chi connectivity index (χ4n) is 7.71. The van der Waals surface area contributed by atoms with Gasteiger partial charge in [0.1, 0.15) is 6.61 Å². The fraction of sp³-hybridized carbons (Fsp3) is 0.738.